The van der Waals surface area contributed by atoms with Crippen molar-refractivity contribution in [1.82, 2.24) is 0 Å². The Kier molecular flexibility index (Phi) is 4.69. The Bertz CT molecular complexity index is 422. The lowest BCUT2D eigenvalue weighted by Crippen LogP contribution is -2.08. The van der Waals surface area contributed by atoms with Gasteiger partial charge in [0.25, 0.3) is 0 Å². The molecule has 1 aromatic rings. The van der Waals surface area contributed by atoms with Crippen LogP contribution in [-0.2, 0) is 4.79 Å². The summed E-state index contributed by atoms with van der Waals surface area (Å²) in [6, 6.07) is 7.80. The van der Waals surface area contributed by atoms with Gasteiger partial charge in [-0.05, 0) is 49.1 Å². The fourth-order valence-electron chi connectivity index (χ4n) is 1.89. The molecule has 0 N–H and O–H groups in total. The Morgan fingerprint density at radius 1 is 1.18 bits per heavy atom. The lowest BCUT2D eigenvalue weighted by molar-refractivity contribution is -0.116. The second-order valence-corrected chi connectivity index (χ2v) is 5.65. The number of carbonyl (C=O) groups excluding carboxylic acids is 1. The third kappa shape index (κ3) is 3.90. The lowest BCUT2D eigenvalue weighted by atomic mass is 9.94. The third-order valence-corrected chi connectivity index (χ3v) is 4.04. The van der Waals surface area contributed by atoms with Gasteiger partial charge >= 0.3 is 0 Å². The Hall–Kier alpha value is -0.730. The van der Waals surface area contributed by atoms with Crippen LogP contribution in [0.15, 0.2) is 40.8 Å². The molecule has 1 fully saturated rings. The molecule has 0 spiro atoms. The quantitative estimate of drug-likeness (QED) is 0.592. The molecule has 90 valence electrons. The number of halogens is 1. The molecule has 0 aromatic heterocycles. The summed E-state index contributed by atoms with van der Waals surface area (Å²) >= 11 is 7.56. The van der Waals surface area contributed by atoms with Gasteiger partial charge in [0.15, 0.2) is 5.78 Å². The van der Waals surface area contributed by atoms with Crippen molar-refractivity contribution in [3.63, 3.8) is 0 Å². The van der Waals surface area contributed by atoms with Gasteiger partial charge in [-0.3, -0.25) is 4.79 Å². The summed E-state index contributed by atoms with van der Waals surface area (Å²) in [5.41, 5.74) is 1.03. The zero-order chi connectivity index (χ0) is 12.1. The first kappa shape index (κ1) is 12.7. The minimum absolute atomic E-state index is 0.341. The van der Waals surface area contributed by atoms with E-state index in [1.165, 1.54) is 4.90 Å². The molecule has 1 nitrogen and oxygen atoms in total. The molecule has 1 saturated carbocycles. The van der Waals surface area contributed by atoms with E-state index in [0.29, 0.717) is 5.78 Å². The van der Waals surface area contributed by atoms with Crippen LogP contribution in [0.25, 0.3) is 0 Å². The number of carbonyl (C=O) groups is 1. The number of Topliss-reactive ketones (excluding diaryl/α,β-unsaturated/α-hetero) is 1. The highest BCUT2D eigenvalue weighted by Crippen LogP contribution is 2.23. The Balaban J connectivity index is 1.88. The molecule has 0 heterocycles. The van der Waals surface area contributed by atoms with E-state index in [-0.39, 0.29) is 0 Å². The number of ketones is 1. The van der Waals surface area contributed by atoms with Crippen molar-refractivity contribution >= 4 is 29.1 Å². The van der Waals surface area contributed by atoms with E-state index >= 15 is 0 Å². The van der Waals surface area contributed by atoms with Crippen molar-refractivity contribution in [3.05, 3.63) is 40.9 Å². The first-order valence-electron chi connectivity index (χ1n) is 5.86. The summed E-state index contributed by atoms with van der Waals surface area (Å²) in [5, 5.41) is 0.759. The van der Waals surface area contributed by atoms with Gasteiger partial charge in [0, 0.05) is 22.1 Å². The first-order valence-corrected chi connectivity index (χ1v) is 7.22. The van der Waals surface area contributed by atoms with Gasteiger partial charge in [-0.25, -0.2) is 0 Å². The van der Waals surface area contributed by atoms with Crippen LogP contribution in [0.4, 0.5) is 0 Å². The molecule has 0 amide bonds. The molecule has 3 heteroatoms. The molecule has 2 rings (SSSR count). The van der Waals surface area contributed by atoms with Gasteiger partial charge in [0.2, 0.25) is 0 Å². The molecule has 0 unspecified atom stereocenters. The van der Waals surface area contributed by atoms with Gasteiger partial charge in [0.05, 0.1) is 0 Å². The monoisotopic (exact) mass is 266 g/mol. The molecule has 0 radical (unpaired) electrons. The van der Waals surface area contributed by atoms with Crippen molar-refractivity contribution < 1.29 is 4.79 Å². The van der Waals surface area contributed by atoms with Crippen molar-refractivity contribution in [2.75, 3.05) is 5.75 Å². The highest BCUT2D eigenvalue weighted by Gasteiger charge is 2.13. The molecule has 1 aliphatic carbocycles. The van der Waals surface area contributed by atoms with Crippen LogP contribution < -0.4 is 0 Å². The molecule has 0 aliphatic heterocycles. The average Bonchev–Trinajstić information content (AvgIpc) is 2.34. The average molecular weight is 267 g/mol. The topological polar surface area (TPSA) is 17.1 Å². The van der Waals surface area contributed by atoms with Crippen LogP contribution in [0.3, 0.4) is 0 Å². The molecule has 17 heavy (non-hydrogen) atoms. The second-order valence-electron chi connectivity index (χ2n) is 4.12. The van der Waals surface area contributed by atoms with Crippen molar-refractivity contribution in [3.8, 4) is 0 Å². The minimum Gasteiger partial charge on any atom is -0.295 e. The molecule has 1 aliphatic rings. The minimum atomic E-state index is 0.341. The van der Waals surface area contributed by atoms with Crippen LogP contribution in [0.5, 0.6) is 0 Å². The lowest BCUT2D eigenvalue weighted by Gasteiger charge is -2.12. The molecule has 1 aromatic carbocycles. The fraction of sp³-hybridized carbons (Fsp3) is 0.357. The number of hydrogen-bond donors (Lipinski definition) is 0. The van der Waals surface area contributed by atoms with Crippen LogP contribution in [-0.4, -0.2) is 11.5 Å². The molecule has 0 atom stereocenters. The zero-order valence-electron chi connectivity index (χ0n) is 9.62. The highest BCUT2D eigenvalue weighted by molar-refractivity contribution is 7.99. The number of hydrogen-bond acceptors (Lipinski definition) is 2. The van der Waals surface area contributed by atoms with E-state index in [1.807, 2.05) is 24.3 Å². The van der Waals surface area contributed by atoms with Gasteiger partial charge in [-0.15, -0.1) is 11.8 Å². The van der Waals surface area contributed by atoms with E-state index in [2.05, 4.69) is 6.08 Å². The summed E-state index contributed by atoms with van der Waals surface area (Å²) in [6.07, 6.45) is 5.99. The second kappa shape index (κ2) is 6.27. The Morgan fingerprint density at radius 3 is 2.59 bits per heavy atom. The maximum atomic E-state index is 11.6. The van der Waals surface area contributed by atoms with E-state index in [1.54, 1.807) is 11.8 Å². The summed E-state index contributed by atoms with van der Waals surface area (Å²) in [6.45, 7) is 0. The van der Waals surface area contributed by atoms with E-state index in [9.17, 15) is 4.79 Å². The largest absolute Gasteiger partial charge is 0.295 e. The first-order chi connectivity index (χ1) is 8.25. The van der Waals surface area contributed by atoms with E-state index in [4.69, 9.17) is 11.6 Å². The smallest absolute Gasteiger partial charge is 0.158 e. The molecule has 0 saturated heterocycles. The fourth-order valence-corrected chi connectivity index (χ4v) is 2.82. The normalized spacial score (nSPS) is 18.6. The predicted octanol–water partition coefficient (Wildman–Crippen LogP) is 4.50. The van der Waals surface area contributed by atoms with Crippen LogP contribution >= 0.6 is 23.4 Å². The number of thioether (sulfide) groups is 1. The predicted molar refractivity (Wildman–Crippen MR) is 73.7 cm³/mol. The van der Waals surface area contributed by atoms with Crippen molar-refractivity contribution in [1.29, 1.82) is 0 Å². The number of allylic oxidation sites excluding steroid dienone is 1. The summed E-state index contributed by atoms with van der Waals surface area (Å²) in [5.74, 6) is 1.20. The van der Waals surface area contributed by atoms with E-state index in [0.717, 1.165) is 42.0 Å². The van der Waals surface area contributed by atoms with Gasteiger partial charge in [0.1, 0.15) is 0 Å². The molecular formula is C14H15ClOS. The zero-order valence-corrected chi connectivity index (χ0v) is 11.2. The third-order valence-electron chi connectivity index (χ3n) is 2.85. The summed E-state index contributed by atoms with van der Waals surface area (Å²) in [4.78, 5) is 12.8. The highest BCUT2D eigenvalue weighted by atomic mass is 35.5. The maximum Gasteiger partial charge on any atom is 0.158 e. The Morgan fingerprint density at radius 2 is 1.88 bits per heavy atom. The van der Waals surface area contributed by atoms with Crippen molar-refractivity contribution in [2.45, 2.75) is 30.6 Å². The Labute approximate surface area is 111 Å². The maximum absolute atomic E-state index is 11.6. The van der Waals surface area contributed by atoms with Crippen LogP contribution in [0.2, 0.25) is 5.02 Å². The number of benzene rings is 1. The van der Waals surface area contributed by atoms with Gasteiger partial charge < -0.3 is 0 Å². The summed E-state index contributed by atoms with van der Waals surface area (Å²) < 4.78 is 0. The standard InChI is InChI=1S/C14H15ClOS/c15-12-5-7-13(8-6-12)17-10-9-11-3-1-2-4-14(11)16/h5-9H,1-4,10H2. The SMILES string of the molecule is O=C1CCCCC1=CCSc1ccc(Cl)cc1. The van der Waals surface area contributed by atoms with Gasteiger partial charge in [-0.2, -0.15) is 0 Å². The number of rotatable bonds is 3. The molecule has 0 bridgehead atoms. The van der Waals surface area contributed by atoms with Crippen LogP contribution in [0.1, 0.15) is 25.7 Å². The molecular weight excluding hydrogens is 252 g/mol. The van der Waals surface area contributed by atoms with Gasteiger partial charge in [-0.1, -0.05) is 17.7 Å². The van der Waals surface area contributed by atoms with Crippen molar-refractivity contribution in [2.24, 2.45) is 0 Å². The van der Waals surface area contributed by atoms with Crippen LogP contribution in [0, 0.1) is 0 Å². The van der Waals surface area contributed by atoms with E-state index < -0.39 is 0 Å². The summed E-state index contributed by atoms with van der Waals surface area (Å²) in [7, 11) is 0.